The fourth-order valence-electron chi connectivity index (χ4n) is 2.45. The zero-order valence-electron chi connectivity index (χ0n) is 12.2. The van der Waals surface area contributed by atoms with Gasteiger partial charge >= 0.3 is 0 Å². The van der Waals surface area contributed by atoms with Crippen LogP contribution in [-0.4, -0.2) is 42.5 Å². The Bertz CT molecular complexity index is 501. The highest BCUT2D eigenvalue weighted by molar-refractivity contribution is 5.97. The molecule has 3 N–H and O–H groups in total. The summed E-state index contributed by atoms with van der Waals surface area (Å²) in [5.41, 5.74) is 6.06. The number of carbonyl (C=O) groups excluding carboxylic acids is 2. The number of benzene rings is 1. The van der Waals surface area contributed by atoms with Gasteiger partial charge < -0.3 is 20.7 Å². The standard InChI is InChI=1S/C15H21N3O3/c1-11(19)18-9-2-3-14(18)15(20)17-12-4-6-13(7-5-12)21-10-8-16/h4-7,14H,2-3,8-10,16H2,1H3,(H,17,20). The summed E-state index contributed by atoms with van der Waals surface area (Å²) < 4.78 is 5.37. The predicted octanol–water partition coefficient (Wildman–Crippen LogP) is 0.974. The largest absolute Gasteiger partial charge is 0.492 e. The first-order valence-electron chi connectivity index (χ1n) is 7.13. The summed E-state index contributed by atoms with van der Waals surface area (Å²) in [4.78, 5) is 25.3. The molecule has 2 rings (SSSR count). The SMILES string of the molecule is CC(=O)N1CCCC1C(=O)Nc1ccc(OCCN)cc1. The lowest BCUT2D eigenvalue weighted by Gasteiger charge is -2.22. The van der Waals surface area contributed by atoms with E-state index in [1.165, 1.54) is 6.92 Å². The van der Waals surface area contributed by atoms with Gasteiger partial charge in [0, 0.05) is 25.7 Å². The molecular formula is C15H21N3O3. The van der Waals surface area contributed by atoms with Gasteiger partial charge in [-0.2, -0.15) is 0 Å². The Morgan fingerprint density at radius 2 is 2.10 bits per heavy atom. The first-order chi connectivity index (χ1) is 10.1. The number of nitrogens with one attached hydrogen (secondary N) is 1. The van der Waals surface area contributed by atoms with Crippen molar-refractivity contribution in [3.63, 3.8) is 0 Å². The molecule has 1 fully saturated rings. The number of hydrogen-bond acceptors (Lipinski definition) is 4. The lowest BCUT2D eigenvalue weighted by Crippen LogP contribution is -2.42. The zero-order chi connectivity index (χ0) is 15.2. The van der Waals surface area contributed by atoms with E-state index in [9.17, 15) is 9.59 Å². The van der Waals surface area contributed by atoms with E-state index in [0.717, 1.165) is 6.42 Å². The Hall–Kier alpha value is -2.08. The third-order valence-electron chi connectivity index (χ3n) is 3.47. The van der Waals surface area contributed by atoms with E-state index in [4.69, 9.17) is 10.5 Å². The summed E-state index contributed by atoms with van der Waals surface area (Å²) in [5, 5.41) is 2.84. The minimum Gasteiger partial charge on any atom is -0.492 e. The van der Waals surface area contributed by atoms with Crippen LogP contribution in [0.2, 0.25) is 0 Å². The number of anilines is 1. The van der Waals surface area contributed by atoms with Crippen molar-refractivity contribution in [1.82, 2.24) is 4.90 Å². The van der Waals surface area contributed by atoms with Crippen LogP contribution in [0.4, 0.5) is 5.69 Å². The third kappa shape index (κ3) is 3.95. The molecule has 1 saturated heterocycles. The van der Waals surface area contributed by atoms with Gasteiger partial charge in [0.1, 0.15) is 18.4 Å². The highest BCUT2D eigenvalue weighted by Crippen LogP contribution is 2.20. The third-order valence-corrected chi connectivity index (χ3v) is 3.47. The number of amides is 2. The van der Waals surface area contributed by atoms with E-state index < -0.39 is 0 Å². The van der Waals surface area contributed by atoms with Gasteiger partial charge in [0.25, 0.3) is 0 Å². The lowest BCUT2D eigenvalue weighted by atomic mass is 10.2. The van der Waals surface area contributed by atoms with Crippen molar-refractivity contribution in [1.29, 1.82) is 0 Å². The van der Waals surface area contributed by atoms with E-state index >= 15 is 0 Å². The molecule has 0 spiro atoms. The van der Waals surface area contributed by atoms with Gasteiger partial charge in [0.2, 0.25) is 11.8 Å². The van der Waals surface area contributed by atoms with Crippen LogP contribution in [0.1, 0.15) is 19.8 Å². The molecule has 1 atom stereocenters. The first kappa shape index (κ1) is 15.3. The predicted molar refractivity (Wildman–Crippen MR) is 80.0 cm³/mol. The first-order valence-corrected chi connectivity index (χ1v) is 7.13. The molecule has 0 aromatic heterocycles. The molecular weight excluding hydrogens is 270 g/mol. The fraction of sp³-hybridized carbons (Fsp3) is 0.467. The van der Waals surface area contributed by atoms with Crippen LogP contribution < -0.4 is 15.8 Å². The van der Waals surface area contributed by atoms with Crippen LogP contribution in [0.15, 0.2) is 24.3 Å². The Kier molecular flexibility index (Phi) is 5.16. The van der Waals surface area contributed by atoms with Crippen molar-refractivity contribution in [3.8, 4) is 5.75 Å². The molecule has 1 aromatic rings. The summed E-state index contributed by atoms with van der Waals surface area (Å²) in [6.45, 7) is 3.07. The maximum absolute atomic E-state index is 12.2. The Labute approximate surface area is 124 Å². The fourth-order valence-corrected chi connectivity index (χ4v) is 2.45. The minimum absolute atomic E-state index is 0.0572. The number of nitrogens with zero attached hydrogens (tertiary/aromatic N) is 1. The van der Waals surface area contributed by atoms with Crippen molar-refractivity contribution >= 4 is 17.5 Å². The molecule has 1 aliphatic rings. The van der Waals surface area contributed by atoms with E-state index in [-0.39, 0.29) is 17.9 Å². The Balaban J connectivity index is 1.94. The highest BCUT2D eigenvalue weighted by atomic mass is 16.5. The zero-order valence-corrected chi connectivity index (χ0v) is 12.2. The summed E-state index contributed by atoms with van der Waals surface area (Å²) in [5.74, 6) is 0.515. The van der Waals surface area contributed by atoms with Crippen LogP contribution >= 0.6 is 0 Å². The van der Waals surface area contributed by atoms with Gasteiger partial charge in [-0.3, -0.25) is 9.59 Å². The summed E-state index contributed by atoms with van der Waals surface area (Å²) in [6.07, 6.45) is 1.58. The van der Waals surface area contributed by atoms with E-state index in [0.29, 0.717) is 37.6 Å². The van der Waals surface area contributed by atoms with Crippen molar-refractivity contribution in [2.24, 2.45) is 5.73 Å². The van der Waals surface area contributed by atoms with Gasteiger partial charge in [-0.1, -0.05) is 0 Å². The van der Waals surface area contributed by atoms with E-state index in [1.54, 1.807) is 29.2 Å². The molecule has 1 aliphatic heterocycles. The van der Waals surface area contributed by atoms with Crippen LogP contribution in [-0.2, 0) is 9.59 Å². The normalized spacial score (nSPS) is 17.6. The van der Waals surface area contributed by atoms with Gasteiger partial charge in [0.05, 0.1) is 0 Å². The summed E-state index contributed by atoms with van der Waals surface area (Å²) >= 11 is 0. The van der Waals surface area contributed by atoms with Crippen LogP contribution in [0.5, 0.6) is 5.75 Å². The van der Waals surface area contributed by atoms with E-state index in [1.807, 2.05) is 0 Å². The molecule has 0 saturated carbocycles. The highest BCUT2D eigenvalue weighted by Gasteiger charge is 2.32. The van der Waals surface area contributed by atoms with Crippen LogP contribution in [0.25, 0.3) is 0 Å². The molecule has 21 heavy (non-hydrogen) atoms. The molecule has 0 bridgehead atoms. The summed E-state index contributed by atoms with van der Waals surface area (Å²) in [6, 6.07) is 6.74. The molecule has 0 aliphatic carbocycles. The average Bonchev–Trinajstić information content (AvgIpc) is 2.96. The molecule has 1 heterocycles. The second-order valence-corrected chi connectivity index (χ2v) is 5.02. The second kappa shape index (κ2) is 7.08. The Morgan fingerprint density at radius 3 is 2.71 bits per heavy atom. The van der Waals surface area contributed by atoms with Crippen molar-refractivity contribution in [3.05, 3.63) is 24.3 Å². The molecule has 6 heteroatoms. The molecule has 0 radical (unpaired) electrons. The number of rotatable bonds is 5. The van der Waals surface area contributed by atoms with Gasteiger partial charge in [-0.15, -0.1) is 0 Å². The monoisotopic (exact) mass is 291 g/mol. The van der Waals surface area contributed by atoms with Crippen molar-refractivity contribution in [2.75, 3.05) is 25.0 Å². The minimum atomic E-state index is -0.365. The average molecular weight is 291 g/mol. The number of carbonyl (C=O) groups is 2. The maximum Gasteiger partial charge on any atom is 0.247 e. The maximum atomic E-state index is 12.2. The Morgan fingerprint density at radius 1 is 1.38 bits per heavy atom. The van der Waals surface area contributed by atoms with Crippen molar-refractivity contribution in [2.45, 2.75) is 25.8 Å². The smallest absolute Gasteiger partial charge is 0.247 e. The molecule has 114 valence electrons. The molecule has 1 unspecified atom stereocenters. The number of likely N-dealkylation sites (tertiary alicyclic amines) is 1. The molecule has 2 amide bonds. The van der Waals surface area contributed by atoms with E-state index in [2.05, 4.69) is 5.32 Å². The second-order valence-electron chi connectivity index (χ2n) is 5.02. The number of hydrogen-bond donors (Lipinski definition) is 2. The topological polar surface area (TPSA) is 84.7 Å². The molecule has 6 nitrogen and oxygen atoms in total. The van der Waals surface area contributed by atoms with Gasteiger partial charge in [-0.25, -0.2) is 0 Å². The quantitative estimate of drug-likeness (QED) is 0.846. The number of ether oxygens (including phenoxy) is 1. The van der Waals surface area contributed by atoms with Gasteiger partial charge in [-0.05, 0) is 37.1 Å². The van der Waals surface area contributed by atoms with Gasteiger partial charge in [0.15, 0.2) is 0 Å². The van der Waals surface area contributed by atoms with Crippen LogP contribution in [0.3, 0.4) is 0 Å². The summed E-state index contributed by atoms with van der Waals surface area (Å²) in [7, 11) is 0. The lowest BCUT2D eigenvalue weighted by molar-refractivity contribution is -0.134. The number of nitrogens with two attached hydrogens (primary N) is 1. The van der Waals surface area contributed by atoms with Crippen molar-refractivity contribution < 1.29 is 14.3 Å². The molecule has 1 aromatic carbocycles. The van der Waals surface area contributed by atoms with Crippen LogP contribution in [0, 0.1) is 0 Å².